The van der Waals surface area contributed by atoms with Crippen molar-refractivity contribution in [2.24, 2.45) is 0 Å². The third kappa shape index (κ3) is 6.77. The molecule has 0 bridgehead atoms. The molecule has 180 valence electrons. The van der Waals surface area contributed by atoms with E-state index >= 15 is 0 Å². The maximum atomic E-state index is 13.3. The van der Waals surface area contributed by atoms with Crippen LogP contribution in [-0.2, 0) is 22.4 Å². The summed E-state index contributed by atoms with van der Waals surface area (Å²) >= 11 is 3.39. The van der Waals surface area contributed by atoms with Crippen LogP contribution in [0.5, 0.6) is 0 Å². The maximum absolute atomic E-state index is 13.3. The van der Waals surface area contributed by atoms with Crippen LogP contribution in [0.4, 0.5) is 11.4 Å². The average molecular weight is 541 g/mol. The number of nitrogens with one attached hydrogen (secondary N) is 2. The maximum Gasteiger partial charge on any atom is 0.228 e. The van der Waals surface area contributed by atoms with E-state index < -0.39 is 0 Å². The van der Waals surface area contributed by atoms with Gasteiger partial charge in [-0.1, -0.05) is 88.2 Å². The van der Waals surface area contributed by atoms with Gasteiger partial charge in [0.15, 0.2) is 5.78 Å². The summed E-state index contributed by atoms with van der Waals surface area (Å²) in [5, 5.41) is 5.73. The Bertz CT molecular complexity index is 1380. The van der Waals surface area contributed by atoms with Crippen LogP contribution >= 0.6 is 15.9 Å². The molecule has 0 unspecified atom stereocenters. The molecule has 0 saturated carbocycles. The first-order valence-electron chi connectivity index (χ1n) is 11.5. The summed E-state index contributed by atoms with van der Waals surface area (Å²) in [5.41, 5.74) is 4.54. The SMILES string of the molecule is Cc1ccc(CC(=O)Nc2ccc(NC(=O)Cc3ccc(Br)cc3)cc2C(=O)c2ccccc2)cc1. The molecule has 0 atom stereocenters. The topological polar surface area (TPSA) is 75.3 Å². The van der Waals surface area contributed by atoms with E-state index in [-0.39, 0.29) is 30.4 Å². The molecule has 0 aromatic heterocycles. The molecule has 0 saturated heterocycles. The predicted molar refractivity (Wildman–Crippen MR) is 146 cm³/mol. The molecule has 4 aromatic carbocycles. The van der Waals surface area contributed by atoms with E-state index in [0.717, 1.165) is 21.2 Å². The normalized spacial score (nSPS) is 10.5. The van der Waals surface area contributed by atoms with Gasteiger partial charge in [0.2, 0.25) is 11.8 Å². The Balaban J connectivity index is 1.55. The minimum absolute atomic E-state index is 0.185. The van der Waals surface area contributed by atoms with Gasteiger partial charge in [-0.15, -0.1) is 0 Å². The lowest BCUT2D eigenvalue weighted by Gasteiger charge is -2.14. The third-order valence-corrected chi connectivity index (χ3v) is 6.15. The van der Waals surface area contributed by atoms with Crippen molar-refractivity contribution >= 4 is 44.9 Å². The average Bonchev–Trinajstić information content (AvgIpc) is 2.88. The van der Waals surface area contributed by atoms with Gasteiger partial charge in [-0.05, 0) is 48.4 Å². The number of amides is 2. The highest BCUT2D eigenvalue weighted by Crippen LogP contribution is 2.25. The highest BCUT2D eigenvalue weighted by molar-refractivity contribution is 9.10. The standard InChI is InChI=1S/C30H25BrN2O3/c1-20-7-9-21(10-8-20)18-29(35)33-27-16-15-25(19-26(27)30(36)23-5-3-2-4-6-23)32-28(34)17-22-11-13-24(31)14-12-22/h2-16,19H,17-18H2,1H3,(H,32,34)(H,33,35). The van der Waals surface area contributed by atoms with Gasteiger partial charge in [0.05, 0.1) is 18.5 Å². The number of carbonyl (C=O) groups excluding carboxylic acids is 3. The predicted octanol–water partition coefficient (Wildman–Crippen LogP) is 6.35. The third-order valence-electron chi connectivity index (χ3n) is 5.62. The molecule has 4 rings (SSSR count). The van der Waals surface area contributed by atoms with Gasteiger partial charge in [0.25, 0.3) is 0 Å². The fraction of sp³-hybridized carbons (Fsp3) is 0.100. The number of hydrogen-bond donors (Lipinski definition) is 2. The zero-order chi connectivity index (χ0) is 25.5. The van der Waals surface area contributed by atoms with Crippen molar-refractivity contribution in [2.75, 3.05) is 10.6 Å². The quantitative estimate of drug-likeness (QED) is 0.255. The van der Waals surface area contributed by atoms with E-state index in [4.69, 9.17) is 0 Å². The zero-order valence-electron chi connectivity index (χ0n) is 19.8. The summed E-state index contributed by atoms with van der Waals surface area (Å²) in [6.07, 6.45) is 0.384. The first kappa shape index (κ1) is 25.1. The van der Waals surface area contributed by atoms with E-state index in [1.165, 1.54) is 0 Å². The second-order valence-corrected chi connectivity index (χ2v) is 9.43. The van der Waals surface area contributed by atoms with Gasteiger partial charge in [0, 0.05) is 21.3 Å². The smallest absolute Gasteiger partial charge is 0.228 e. The molecule has 4 aromatic rings. The van der Waals surface area contributed by atoms with Crippen molar-refractivity contribution in [3.63, 3.8) is 0 Å². The van der Waals surface area contributed by atoms with Crippen LogP contribution in [-0.4, -0.2) is 17.6 Å². The van der Waals surface area contributed by atoms with Crippen molar-refractivity contribution in [1.82, 2.24) is 0 Å². The van der Waals surface area contributed by atoms with Crippen LogP contribution in [0.2, 0.25) is 0 Å². The molecule has 36 heavy (non-hydrogen) atoms. The molecule has 2 N–H and O–H groups in total. The van der Waals surface area contributed by atoms with Gasteiger partial charge in [-0.2, -0.15) is 0 Å². The lowest BCUT2D eigenvalue weighted by atomic mass is 10.0. The van der Waals surface area contributed by atoms with Gasteiger partial charge in [-0.3, -0.25) is 14.4 Å². The van der Waals surface area contributed by atoms with Gasteiger partial charge >= 0.3 is 0 Å². The first-order chi connectivity index (χ1) is 17.4. The fourth-order valence-electron chi connectivity index (χ4n) is 3.74. The van der Waals surface area contributed by atoms with Crippen molar-refractivity contribution in [3.8, 4) is 0 Å². The van der Waals surface area contributed by atoms with Crippen LogP contribution in [0.25, 0.3) is 0 Å². The molecular weight excluding hydrogens is 516 g/mol. The molecule has 6 heteroatoms. The molecular formula is C30H25BrN2O3. The monoisotopic (exact) mass is 540 g/mol. The fourth-order valence-corrected chi connectivity index (χ4v) is 4.01. The van der Waals surface area contributed by atoms with Gasteiger partial charge in [-0.25, -0.2) is 0 Å². The van der Waals surface area contributed by atoms with Crippen molar-refractivity contribution < 1.29 is 14.4 Å². The van der Waals surface area contributed by atoms with Crippen LogP contribution in [0, 0.1) is 6.92 Å². The molecule has 0 aliphatic carbocycles. The summed E-state index contributed by atoms with van der Waals surface area (Å²) in [6.45, 7) is 1.99. The molecule has 0 radical (unpaired) electrons. The van der Waals surface area contributed by atoms with Crippen LogP contribution in [0.15, 0.2) is 102 Å². The van der Waals surface area contributed by atoms with E-state index in [0.29, 0.717) is 22.5 Å². The number of carbonyl (C=O) groups is 3. The molecule has 0 fully saturated rings. The Hall–Kier alpha value is -4.03. The minimum atomic E-state index is -0.245. The lowest BCUT2D eigenvalue weighted by Crippen LogP contribution is -2.18. The highest BCUT2D eigenvalue weighted by Gasteiger charge is 2.17. The number of rotatable bonds is 8. The second-order valence-electron chi connectivity index (χ2n) is 8.52. The van der Waals surface area contributed by atoms with Crippen LogP contribution in [0.1, 0.15) is 32.6 Å². The molecule has 2 amide bonds. The molecule has 0 aliphatic rings. The number of ketones is 1. The van der Waals surface area contributed by atoms with Gasteiger partial charge < -0.3 is 10.6 Å². The summed E-state index contributed by atoms with van der Waals surface area (Å²) in [6, 6.07) is 29.0. The first-order valence-corrected chi connectivity index (χ1v) is 12.3. The van der Waals surface area contributed by atoms with E-state index in [1.54, 1.807) is 42.5 Å². The van der Waals surface area contributed by atoms with E-state index in [1.807, 2.05) is 61.5 Å². The second kappa shape index (κ2) is 11.6. The minimum Gasteiger partial charge on any atom is -0.326 e. The summed E-state index contributed by atoms with van der Waals surface area (Å²) in [5.74, 6) is -0.676. The highest BCUT2D eigenvalue weighted by atomic mass is 79.9. The Labute approximate surface area is 218 Å². The number of anilines is 2. The number of hydrogen-bond acceptors (Lipinski definition) is 3. The summed E-state index contributed by atoms with van der Waals surface area (Å²) in [4.78, 5) is 38.7. The Kier molecular flexibility index (Phi) is 8.08. The van der Waals surface area contributed by atoms with Crippen molar-refractivity contribution in [2.45, 2.75) is 19.8 Å². The Morgan fingerprint density at radius 2 is 1.28 bits per heavy atom. The van der Waals surface area contributed by atoms with Crippen molar-refractivity contribution in [1.29, 1.82) is 0 Å². The largest absolute Gasteiger partial charge is 0.326 e. The van der Waals surface area contributed by atoms with Gasteiger partial charge in [0.1, 0.15) is 0 Å². The molecule has 0 heterocycles. The van der Waals surface area contributed by atoms with E-state index in [2.05, 4.69) is 26.6 Å². The number of benzene rings is 4. The number of aryl methyl sites for hydroxylation is 1. The molecule has 5 nitrogen and oxygen atoms in total. The van der Waals surface area contributed by atoms with Crippen LogP contribution in [0.3, 0.4) is 0 Å². The summed E-state index contributed by atoms with van der Waals surface area (Å²) in [7, 11) is 0. The lowest BCUT2D eigenvalue weighted by molar-refractivity contribution is -0.116. The Morgan fingerprint density at radius 1 is 0.694 bits per heavy atom. The molecule has 0 spiro atoms. The summed E-state index contributed by atoms with van der Waals surface area (Å²) < 4.78 is 0.940. The number of halogens is 1. The Morgan fingerprint density at radius 3 is 1.92 bits per heavy atom. The zero-order valence-corrected chi connectivity index (χ0v) is 21.3. The van der Waals surface area contributed by atoms with E-state index in [9.17, 15) is 14.4 Å². The molecule has 0 aliphatic heterocycles. The van der Waals surface area contributed by atoms with Crippen molar-refractivity contribution in [3.05, 3.63) is 129 Å². The van der Waals surface area contributed by atoms with Crippen LogP contribution < -0.4 is 10.6 Å².